The summed E-state index contributed by atoms with van der Waals surface area (Å²) in [5, 5.41) is 5.21. The van der Waals surface area contributed by atoms with Crippen LogP contribution in [-0.2, 0) is 25.5 Å². The van der Waals surface area contributed by atoms with Crippen LogP contribution in [0.15, 0.2) is 78.9 Å². The Kier molecular flexibility index (Phi) is 7.20. The van der Waals surface area contributed by atoms with Crippen LogP contribution in [0, 0.1) is 0 Å². The predicted octanol–water partition coefficient (Wildman–Crippen LogP) is 3.03. The Morgan fingerprint density at radius 1 is 0.778 bits per heavy atom. The van der Waals surface area contributed by atoms with Crippen molar-refractivity contribution in [2.24, 2.45) is 0 Å². The van der Waals surface area contributed by atoms with E-state index in [1.54, 1.807) is 60.7 Å². The second kappa shape index (κ2) is 10.6. The van der Waals surface area contributed by atoms with Crippen molar-refractivity contribution in [3.63, 3.8) is 0 Å². The quantitative estimate of drug-likeness (QED) is 0.374. The van der Waals surface area contributed by atoms with Crippen LogP contribution >= 0.6 is 0 Å². The molecule has 0 fully saturated rings. The fourth-order valence-electron chi connectivity index (χ4n) is 3.88. The lowest BCUT2D eigenvalue weighted by Crippen LogP contribution is -2.47. The van der Waals surface area contributed by atoms with Crippen LogP contribution in [0.5, 0.6) is 0 Å². The van der Waals surface area contributed by atoms with Crippen LogP contribution in [-0.4, -0.2) is 47.1 Å². The van der Waals surface area contributed by atoms with Crippen molar-refractivity contribution in [3.8, 4) is 0 Å². The van der Waals surface area contributed by atoms with E-state index in [0.717, 1.165) is 10.5 Å². The minimum absolute atomic E-state index is 0.0391. The number of hydrogen-bond donors (Lipinski definition) is 2. The van der Waals surface area contributed by atoms with Crippen LogP contribution in [0.25, 0.3) is 0 Å². The minimum Gasteiger partial charge on any atom is -0.454 e. The molecule has 9 heteroatoms. The molecular formula is C27H23N3O6. The number of rotatable bonds is 8. The average Bonchev–Trinajstić information content (AvgIpc) is 3.12. The second-order valence-corrected chi connectivity index (χ2v) is 8.15. The molecule has 0 radical (unpaired) electrons. The predicted molar refractivity (Wildman–Crippen MR) is 131 cm³/mol. The Balaban J connectivity index is 1.45. The minimum atomic E-state index is -1.25. The lowest BCUT2D eigenvalue weighted by molar-refractivity contribution is -0.151. The van der Waals surface area contributed by atoms with Gasteiger partial charge in [-0.25, -0.2) is 4.79 Å². The fourth-order valence-corrected chi connectivity index (χ4v) is 3.88. The first kappa shape index (κ1) is 24.3. The number of amides is 4. The van der Waals surface area contributed by atoms with Gasteiger partial charge in [0.05, 0.1) is 11.1 Å². The zero-order valence-electron chi connectivity index (χ0n) is 19.4. The standard InChI is InChI=1S/C27H23N3O6/c1-17(31)28-19-11-13-20(14-12-19)29-24(32)16-36-27(35)23(15-18-7-3-2-4-8-18)30-25(33)21-9-5-6-10-22(21)26(30)34/h2-14,23H,15-16H2,1H3,(H,28,31)(H,29,32)/t23-/m0/s1. The van der Waals surface area contributed by atoms with Crippen molar-refractivity contribution >= 4 is 41.0 Å². The first-order chi connectivity index (χ1) is 17.3. The van der Waals surface area contributed by atoms with Crippen molar-refractivity contribution in [2.45, 2.75) is 19.4 Å². The number of imide groups is 1. The summed E-state index contributed by atoms with van der Waals surface area (Å²) in [6.07, 6.45) is 0.0391. The highest BCUT2D eigenvalue weighted by atomic mass is 16.5. The van der Waals surface area contributed by atoms with E-state index in [9.17, 15) is 24.0 Å². The molecule has 0 aromatic heterocycles. The molecule has 3 aromatic rings. The van der Waals surface area contributed by atoms with E-state index in [-0.39, 0.29) is 23.5 Å². The van der Waals surface area contributed by atoms with Gasteiger partial charge in [-0.15, -0.1) is 0 Å². The van der Waals surface area contributed by atoms with Crippen molar-refractivity contribution in [2.75, 3.05) is 17.2 Å². The third-order valence-corrected chi connectivity index (χ3v) is 5.52. The molecule has 4 rings (SSSR count). The zero-order chi connectivity index (χ0) is 25.7. The number of anilines is 2. The molecule has 36 heavy (non-hydrogen) atoms. The van der Waals surface area contributed by atoms with Gasteiger partial charge in [0.15, 0.2) is 6.61 Å². The number of nitrogens with one attached hydrogen (secondary N) is 2. The number of hydrogen-bond acceptors (Lipinski definition) is 6. The molecule has 1 aliphatic heterocycles. The Labute approximate surface area is 207 Å². The topological polar surface area (TPSA) is 122 Å². The average molecular weight is 485 g/mol. The molecule has 182 valence electrons. The highest BCUT2D eigenvalue weighted by Gasteiger charge is 2.43. The molecule has 0 bridgehead atoms. The molecule has 0 saturated heterocycles. The van der Waals surface area contributed by atoms with Crippen LogP contribution in [0.1, 0.15) is 33.2 Å². The van der Waals surface area contributed by atoms with E-state index in [1.807, 2.05) is 6.07 Å². The van der Waals surface area contributed by atoms with Gasteiger partial charge in [0, 0.05) is 24.7 Å². The molecule has 4 amide bonds. The van der Waals surface area contributed by atoms with Crippen molar-refractivity contribution in [1.82, 2.24) is 4.90 Å². The Morgan fingerprint density at radius 3 is 1.86 bits per heavy atom. The number of nitrogens with zero attached hydrogens (tertiary/aromatic N) is 1. The van der Waals surface area contributed by atoms with Gasteiger partial charge >= 0.3 is 5.97 Å². The van der Waals surface area contributed by atoms with Crippen LogP contribution in [0.4, 0.5) is 11.4 Å². The SMILES string of the molecule is CC(=O)Nc1ccc(NC(=O)COC(=O)[C@H](Cc2ccccc2)N2C(=O)c3ccccc3C2=O)cc1. The maximum atomic E-state index is 13.1. The summed E-state index contributed by atoms with van der Waals surface area (Å²) in [6, 6.07) is 20.4. The maximum Gasteiger partial charge on any atom is 0.330 e. The zero-order valence-corrected chi connectivity index (χ0v) is 19.4. The van der Waals surface area contributed by atoms with E-state index in [1.165, 1.54) is 19.1 Å². The van der Waals surface area contributed by atoms with Gasteiger partial charge in [0.1, 0.15) is 6.04 Å². The third-order valence-electron chi connectivity index (χ3n) is 5.52. The lowest BCUT2D eigenvalue weighted by Gasteiger charge is -2.24. The third kappa shape index (κ3) is 5.47. The molecule has 0 spiro atoms. The van der Waals surface area contributed by atoms with Gasteiger partial charge in [-0.3, -0.25) is 24.1 Å². The summed E-state index contributed by atoms with van der Waals surface area (Å²) < 4.78 is 5.24. The molecule has 0 unspecified atom stereocenters. The molecule has 9 nitrogen and oxygen atoms in total. The molecule has 3 aromatic carbocycles. The van der Waals surface area contributed by atoms with E-state index in [0.29, 0.717) is 11.4 Å². The molecule has 0 saturated carbocycles. The Bertz CT molecular complexity index is 1290. The maximum absolute atomic E-state index is 13.1. The Morgan fingerprint density at radius 2 is 1.31 bits per heavy atom. The van der Waals surface area contributed by atoms with Gasteiger partial charge in [-0.1, -0.05) is 42.5 Å². The van der Waals surface area contributed by atoms with Gasteiger partial charge < -0.3 is 15.4 Å². The molecule has 1 aliphatic rings. The van der Waals surface area contributed by atoms with E-state index in [4.69, 9.17) is 4.74 Å². The number of carbonyl (C=O) groups is 5. The molecular weight excluding hydrogens is 462 g/mol. The summed E-state index contributed by atoms with van der Waals surface area (Å²) in [4.78, 5) is 63.5. The number of fused-ring (bicyclic) bond motifs is 1. The summed E-state index contributed by atoms with van der Waals surface area (Å²) in [6.45, 7) is 0.776. The monoisotopic (exact) mass is 485 g/mol. The van der Waals surface area contributed by atoms with Crippen LogP contribution < -0.4 is 10.6 Å². The smallest absolute Gasteiger partial charge is 0.330 e. The highest BCUT2D eigenvalue weighted by molar-refractivity contribution is 6.22. The second-order valence-electron chi connectivity index (χ2n) is 8.15. The van der Waals surface area contributed by atoms with Gasteiger partial charge in [0.25, 0.3) is 17.7 Å². The van der Waals surface area contributed by atoms with Crippen molar-refractivity contribution < 1.29 is 28.7 Å². The van der Waals surface area contributed by atoms with Gasteiger partial charge in [0.2, 0.25) is 5.91 Å². The van der Waals surface area contributed by atoms with Crippen LogP contribution in [0.2, 0.25) is 0 Å². The van der Waals surface area contributed by atoms with Crippen molar-refractivity contribution in [3.05, 3.63) is 95.6 Å². The normalized spacial score (nSPS) is 13.1. The Hall–Kier alpha value is -4.79. The van der Waals surface area contributed by atoms with Crippen molar-refractivity contribution in [1.29, 1.82) is 0 Å². The molecule has 1 heterocycles. The first-order valence-electron chi connectivity index (χ1n) is 11.2. The summed E-state index contributed by atoms with van der Waals surface area (Å²) in [5.41, 5.74) is 2.16. The lowest BCUT2D eigenvalue weighted by atomic mass is 10.0. The molecule has 2 N–H and O–H groups in total. The first-order valence-corrected chi connectivity index (χ1v) is 11.2. The van der Waals surface area contributed by atoms with Crippen LogP contribution in [0.3, 0.4) is 0 Å². The van der Waals surface area contributed by atoms with Gasteiger partial charge in [-0.05, 0) is 42.0 Å². The summed E-state index contributed by atoms with van der Waals surface area (Å²) in [7, 11) is 0. The van der Waals surface area contributed by atoms with E-state index in [2.05, 4.69) is 10.6 Å². The summed E-state index contributed by atoms with van der Waals surface area (Å²) >= 11 is 0. The van der Waals surface area contributed by atoms with E-state index < -0.39 is 36.3 Å². The highest BCUT2D eigenvalue weighted by Crippen LogP contribution is 2.26. The molecule has 0 aliphatic carbocycles. The van der Waals surface area contributed by atoms with E-state index >= 15 is 0 Å². The number of esters is 1. The fraction of sp³-hybridized carbons (Fsp3) is 0.148. The number of ether oxygens (including phenoxy) is 1. The molecule has 1 atom stereocenters. The number of carbonyl (C=O) groups excluding carboxylic acids is 5. The number of benzene rings is 3. The van der Waals surface area contributed by atoms with Gasteiger partial charge in [-0.2, -0.15) is 0 Å². The summed E-state index contributed by atoms with van der Waals surface area (Å²) in [5.74, 6) is -2.86. The largest absolute Gasteiger partial charge is 0.454 e.